The van der Waals surface area contributed by atoms with Crippen molar-refractivity contribution in [3.63, 3.8) is 0 Å². The van der Waals surface area contributed by atoms with Crippen molar-refractivity contribution < 1.29 is 37.0 Å². The SMILES string of the molecule is COCc1cc(Cl)cnc1C(=O)Nc1ccc(F)c(C2(C(F)F)COCC(NC(=O)OC(C)(C)C)=N2)c1. The number of halogens is 4. The van der Waals surface area contributed by atoms with Crippen molar-refractivity contribution >= 4 is 35.1 Å². The second-order valence-electron chi connectivity index (χ2n) is 9.15. The number of anilines is 1. The Hall–Kier alpha value is -3.22. The van der Waals surface area contributed by atoms with Crippen LogP contribution in [-0.2, 0) is 26.4 Å². The minimum absolute atomic E-state index is 0.00367. The van der Waals surface area contributed by atoms with Gasteiger partial charge in [0.15, 0.2) is 5.54 Å². The van der Waals surface area contributed by atoms with Crippen LogP contribution in [0.1, 0.15) is 42.4 Å². The summed E-state index contributed by atoms with van der Waals surface area (Å²) in [4.78, 5) is 33.0. The summed E-state index contributed by atoms with van der Waals surface area (Å²) < 4.78 is 59.2. The molecule has 0 radical (unpaired) electrons. The Bertz CT molecular complexity index is 1210. The highest BCUT2D eigenvalue weighted by Crippen LogP contribution is 2.38. The predicted molar refractivity (Wildman–Crippen MR) is 130 cm³/mol. The van der Waals surface area contributed by atoms with Crippen molar-refractivity contribution in [3.05, 3.63) is 58.1 Å². The molecule has 0 saturated heterocycles. The number of carbonyl (C=O) groups is 2. The zero-order chi connectivity index (χ0) is 27.4. The van der Waals surface area contributed by atoms with E-state index in [1.54, 1.807) is 20.8 Å². The van der Waals surface area contributed by atoms with Crippen molar-refractivity contribution in [2.45, 2.75) is 44.9 Å². The Morgan fingerprint density at radius 2 is 1.97 bits per heavy atom. The monoisotopic (exact) mass is 542 g/mol. The number of amides is 2. The minimum Gasteiger partial charge on any atom is -0.444 e. The Morgan fingerprint density at radius 3 is 2.62 bits per heavy atom. The fourth-order valence-corrected chi connectivity index (χ4v) is 3.72. The molecule has 0 aliphatic carbocycles. The topological polar surface area (TPSA) is 111 Å². The van der Waals surface area contributed by atoms with Crippen LogP contribution in [-0.4, -0.2) is 55.2 Å². The minimum atomic E-state index is -3.23. The summed E-state index contributed by atoms with van der Waals surface area (Å²) in [5.41, 5.74) is -3.49. The number of pyridine rings is 1. The number of ether oxygens (including phenoxy) is 3. The highest BCUT2D eigenvalue weighted by Gasteiger charge is 2.47. The van der Waals surface area contributed by atoms with Crippen LogP contribution in [0.2, 0.25) is 5.02 Å². The number of carbonyl (C=O) groups excluding carboxylic acids is 2. The molecule has 2 amide bonds. The third kappa shape index (κ3) is 6.96. The number of benzene rings is 1. The molecule has 1 aliphatic rings. The first kappa shape index (κ1) is 28.4. The van der Waals surface area contributed by atoms with E-state index in [4.69, 9.17) is 25.8 Å². The summed E-state index contributed by atoms with van der Waals surface area (Å²) >= 11 is 5.94. The quantitative estimate of drug-likeness (QED) is 0.548. The van der Waals surface area contributed by atoms with Crippen LogP contribution < -0.4 is 10.6 Å². The van der Waals surface area contributed by atoms with Crippen LogP contribution in [0.4, 0.5) is 23.7 Å². The zero-order valence-corrected chi connectivity index (χ0v) is 21.3. The molecule has 13 heteroatoms. The van der Waals surface area contributed by atoms with E-state index in [9.17, 15) is 22.8 Å². The maximum atomic E-state index is 14.9. The maximum Gasteiger partial charge on any atom is 0.413 e. The molecule has 2 aromatic rings. The van der Waals surface area contributed by atoms with Gasteiger partial charge < -0.3 is 19.5 Å². The number of amidine groups is 1. The number of alkyl halides is 2. The summed E-state index contributed by atoms with van der Waals surface area (Å²) in [5, 5.41) is 5.08. The number of nitrogens with one attached hydrogen (secondary N) is 2. The van der Waals surface area contributed by atoms with Crippen LogP contribution in [0.15, 0.2) is 35.5 Å². The summed E-state index contributed by atoms with van der Waals surface area (Å²) in [6, 6.07) is 4.66. The average Bonchev–Trinajstić information content (AvgIpc) is 2.79. The number of aliphatic imine (C=N–C) groups is 1. The van der Waals surface area contributed by atoms with E-state index < -0.39 is 47.6 Å². The Kier molecular flexibility index (Phi) is 8.77. The van der Waals surface area contributed by atoms with Gasteiger partial charge in [-0.3, -0.25) is 10.1 Å². The molecule has 1 unspecified atom stereocenters. The molecule has 0 spiro atoms. The van der Waals surface area contributed by atoms with Gasteiger partial charge in [-0.2, -0.15) is 0 Å². The van der Waals surface area contributed by atoms with Crippen LogP contribution in [0.5, 0.6) is 0 Å². The van der Waals surface area contributed by atoms with Crippen molar-refractivity contribution in [1.29, 1.82) is 0 Å². The van der Waals surface area contributed by atoms with Gasteiger partial charge in [-0.15, -0.1) is 0 Å². The molecule has 1 aliphatic heterocycles. The van der Waals surface area contributed by atoms with Gasteiger partial charge in [0.25, 0.3) is 12.3 Å². The lowest BCUT2D eigenvalue weighted by Crippen LogP contribution is -2.48. The normalized spacial score (nSPS) is 17.8. The second-order valence-corrected chi connectivity index (χ2v) is 9.58. The molecule has 1 aromatic heterocycles. The van der Waals surface area contributed by atoms with E-state index in [1.807, 2.05) is 0 Å². The zero-order valence-electron chi connectivity index (χ0n) is 20.5. The third-order valence-corrected chi connectivity index (χ3v) is 5.25. The first-order chi connectivity index (χ1) is 17.3. The molecule has 3 rings (SSSR count). The average molecular weight is 543 g/mol. The van der Waals surface area contributed by atoms with Gasteiger partial charge in [0.1, 0.15) is 29.6 Å². The van der Waals surface area contributed by atoms with Gasteiger partial charge >= 0.3 is 6.09 Å². The van der Waals surface area contributed by atoms with Crippen molar-refractivity contribution in [2.24, 2.45) is 4.99 Å². The third-order valence-electron chi connectivity index (χ3n) is 5.04. The summed E-state index contributed by atoms with van der Waals surface area (Å²) in [5.74, 6) is -1.96. The van der Waals surface area contributed by atoms with Crippen molar-refractivity contribution in [1.82, 2.24) is 10.3 Å². The number of nitrogens with zero attached hydrogens (tertiary/aromatic N) is 2. The lowest BCUT2D eigenvalue weighted by Gasteiger charge is -2.34. The molecule has 0 bridgehead atoms. The maximum absolute atomic E-state index is 14.9. The Balaban J connectivity index is 1.94. The number of alkyl carbamates (subject to hydrolysis) is 1. The molecule has 0 saturated carbocycles. The Morgan fingerprint density at radius 1 is 1.24 bits per heavy atom. The van der Waals surface area contributed by atoms with Gasteiger partial charge in [0.05, 0.1) is 18.2 Å². The lowest BCUT2D eigenvalue weighted by atomic mass is 9.90. The van der Waals surface area contributed by atoms with E-state index in [2.05, 4.69) is 20.6 Å². The fourth-order valence-electron chi connectivity index (χ4n) is 3.54. The Labute approximate surface area is 216 Å². The number of hydrogen-bond acceptors (Lipinski definition) is 7. The van der Waals surface area contributed by atoms with E-state index in [0.717, 1.165) is 12.1 Å². The van der Waals surface area contributed by atoms with Gasteiger partial charge in [-0.25, -0.2) is 27.9 Å². The predicted octanol–water partition coefficient (Wildman–Crippen LogP) is 4.69. The molecular weight excluding hydrogens is 517 g/mol. The van der Waals surface area contributed by atoms with Gasteiger partial charge in [-0.05, 0) is 45.0 Å². The molecule has 1 atom stereocenters. The molecule has 2 heterocycles. The van der Waals surface area contributed by atoms with E-state index in [1.165, 1.54) is 25.4 Å². The number of hydrogen-bond donors (Lipinski definition) is 2. The smallest absolute Gasteiger partial charge is 0.413 e. The van der Waals surface area contributed by atoms with E-state index in [-0.39, 0.29) is 35.5 Å². The highest BCUT2D eigenvalue weighted by molar-refractivity contribution is 6.30. The van der Waals surface area contributed by atoms with Crippen LogP contribution in [0.3, 0.4) is 0 Å². The standard InChI is InChI=1S/C24H26ClF3N4O5/c1-23(2,3)37-22(34)31-18-11-36-12-24(32-18,21(27)28)16-8-15(5-6-17(16)26)30-20(33)19-13(10-35-4)7-14(25)9-29-19/h5-9,21H,10-12H2,1-4H3,(H,30,33)(H,31,32,34). The van der Waals surface area contributed by atoms with E-state index in [0.29, 0.717) is 5.56 Å². The van der Waals surface area contributed by atoms with Gasteiger partial charge in [-0.1, -0.05) is 11.6 Å². The molecule has 37 heavy (non-hydrogen) atoms. The highest BCUT2D eigenvalue weighted by atomic mass is 35.5. The van der Waals surface area contributed by atoms with Gasteiger partial charge in [0.2, 0.25) is 0 Å². The lowest BCUT2D eigenvalue weighted by molar-refractivity contribution is -0.0156. The number of rotatable bonds is 6. The van der Waals surface area contributed by atoms with Crippen LogP contribution >= 0.6 is 11.6 Å². The van der Waals surface area contributed by atoms with Crippen molar-refractivity contribution in [3.8, 4) is 0 Å². The van der Waals surface area contributed by atoms with E-state index >= 15 is 0 Å². The summed E-state index contributed by atoms with van der Waals surface area (Å²) in [6.07, 6.45) is -2.89. The van der Waals surface area contributed by atoms with Crippen LogP contribution in [0, 0.1) is 5.82 Å². The van der Waals surface area contributed by atoms with Crippen LogP contribution in [0.25, 0.3) is 0 Å². The fraction of sp³-hybridized carbons (Fsp3) is 0.417. The summed E-state index contributed by atoms with van der Waals surface area (Å²) in [7, 11) is 1.43. The summed E-state index contributed by atoms with van der Waals surface area (Å²) in [6.45, 7) is 3.96. The molecule has 9 nitrogen and oxygen atoms in total. The van der Waals surface area contributed by atoms with Gasteiger partial charge in [0, 0.05) is 30.1 Å². The first-order valence-corrected chi connectivity index (χ1v) is 11.4. The first-order valence-electron chi connectivity index (χ1n) is 11.0. The van der Waals surface area contributed by atoms with Crippen molar-refractivity contribution in [2.75, 3.05) is 25.6 Å². The molecule has 1 aromatic carbocycles. The molecule has 200 valence electrons. The largest absolute Gasteiger partial charge is 0.444 e. The number of aromatic nitrogens is 1. The molecule has 0 fully saturated rings. The molecule has 2 N–H and O–H groups in total. The number of methoxy groups -OCH3 is 1. The second kappa shape index (κ2) is 11.4. The molecular formula is C24H26ClF3N4O5.